The molecule has 0 saturated heterocycles. The van der Waals surface area contributed by atoms with Crippen molar-refractivity contribution in [3.63, 3.8) is 0 Å². The van der Waals surface area contributed by atoms with E-state index >= 15 is 0 Å². The van der Waals surface area contributed by atoms with E-state index in [1.165, 1.54) is 0 Å². The van der Waals surface area contributed by atoms with Gasteiger partial charge in [0.15, 0.2) is 0 Å². The number of phenols is 1. The van der Waals surface area contributed by atoms with Gasteiger partial charge < -0.3 is 15.2 Å². The topological polar surface area (TPSA) is 66.4 Å². The summed E-state index contributed by atoms with van der Waals surface area (Å²) in [6.45, 7) is 0. The first-order chi connectivity index (χ1) is 15.6. The summed E-state index contributed by atoms with van der Waals surface area (Å²) in [5.74, 6) is -0.916. The van der Waals surface area contributed by atoms with Gasteiger partial charge in [-0.05, 0) is 41.0 Å². The van der Waals surface area contributed by atoms with Crippen LogP contribution in [0.5, 0.6) is 5.75 Å². The van der Waals surface area contributed by atoms with E-state index in [9.17, 15) is 14.7 Å². The van der Waals surface area contributed by atoms with Crippen LogP contribution in [0, 0.1) is 0 Å². The van der Waals surface area contributed by atoms with Crippen molar-refractivity contribution in [2.45, 2.75) is 11.5 Å². The van der Waals surface area contributed by atoms with Crippen LogP contribution in [-0.4, -0.2) is 17.3 Å². The molecule has 158 valence electrons. The lowest BCUT2D eigenvalue weighted by Gasteiger charge is -2.40. The first-order valence-electron chi connectivity index (χ1n) is 10.4. The molecule has 4 heteroatoms. The molecule has 0 saturated carbocycles. The van der Waals surface area contributed by atoms with Gasteiger partial charge in [-0.1, -0.05) is 91.0 Å². The van der Waals surface area contributed by atoms with Crippen LogP contribution in [-0.2, 0) is 10.3 Å². The predicted molar refractivity (Wildman–Crippen MR) is 124 cm³/mol. The van der Waals surface area contributed by atoms with E-state index in [1.54, 1.807) is 48.5 Å². The molecule has 2 unspecified atom stereocenters. The summed E-state index contributed by atoms with van der Waals surface area (Å²) in [5.41, 5.74) is 1.50. The number of nitrogens with one attached hydrogen (secondary N) is 1. The molecule has 0 aliphatic heterocycles. The molecule has 4 nitrogen and oxygen atoms in total. The quantitative estimate of drug-likeness (QED) is 0.411. The Labute approximate surface area is 187 Å². The van der Waals surface area contributed by atoms with Gasteiger partial charge in [-0.3, -0.25) is 4.79 Å². The maximum Gasteiger partial charge on any atom is 0.252 e. The number of aromatic hydroxyl groups is 1. The van der Waals surface area contributed by atoms with Crippen molar-refractivity contribution in [3.05, 3.63) is 138 Å². The Balaban J connectivity index is 1.98. The fourth-order valence-corrected chi connectivity index (χ4v) is 4.11. The SMILES string of the molecule is O=CC(c1ccccc1)C(NC(=O)c1ccccc1)(c1ccccc1)c1ccc(O)cc1. The van der Waals surface area contributed by atoms with Crippen molar-refractivity contribution in [2.24, 2.45) is 0 Å². The van der Waals surface area contributed by atoms with Crippen LogP contribution in [0.25, 0.3) is 0 Å². The molecule has 0 heterocycles. The zero-order chi connectivity index (χ0) is 22.4. The third kappa shape index (κ3) is 4.03. The Bertz CT molecular complexity index is 1180. The van der Waals surface area contributed by atoms with E-state index in [-0.39, 0.29) is 11.7 Å². The minimum Gasteiger partial charge on any atom is -0.508 e. The zero-order valence-electron chi connectivity index (χ0n) is 17.4. The summed E-state index contributed by atoms with van der Waals surface area (Å²) in [6.07, 6.45) is 0.875. The predicted octanol–water partition coefficient (Wildman–Crippen LogP) is 5.05. The van der Waals surface area contributed by atoms with E-state index in [1.807, 2.05) is 66.7 Å². The Hall–Kier alpha value is -4.18. The smallest absolute Gasteiger partial charge is 0.252 e. The highest BCUT2D eigenvalue weighted by Crippen LogP contribution is 2.42. The molecule has 4 aromatic rings. The minimum atomic E-state index is -1.20. The molecular formula is C28H23NO3. The minimum absolute atomic E-state index is 0.104. The molecule has 4 aromatic carbocycles. The summed E-state index contributed by atoms with van der Waals surface area (Å²) < 4.78 is 0. The molecule has 0 radical (unpaired) electrons. The van der Waals surface area contributed by atoms with Crippen LogP contribution in [0.3, 0.4) is 0 Å². The Morgan fingerprint density at radius 2 is 1.22 bits per heavy atom. The number of benzene rings is 4. The Morgan fingerprint density at radius 1 is 0.719 bits per heavy atom. The fourth-order valence-electron chi connectivity index (χ4n) is 4.11. The molecular weight excluding hydrogens is 398 g/mol. The zero-order valence-corrected chi connectivity index (χ0v) is 17.4. The van der Waals surface area contributed by atoms with Crippen molar-refractivity contribution in [1.82, 2.24) is 5.32 Å². The molecule has 2 N–H and O–H groups in total. The molecule has 0 bridgehead atoms. The van der Waals surface area contributed by atoms with Gasteiger partial charge >= 0.3 is 0 Å². The van der Waals surface area contributed by atoms with Crippen LogP contribution in [0.15, 0.2) is 115 Å². The molecule has 0 aromatic heterocycles. The van der Waals surface area contributed by atoms with Crippen LogP contribution >= 0.6 is 0 Å². The van der Waals surface area contributed by atoms with Crippen LogP contribution in [0.4, 0.5) is 0 Å². The van der Waals surface area contributed by atoms with Crippen LogP contribution < -0.4 is 5.32 Å². The van der Waals surface area contributed by atoms with E-state index in [0.29, 0.717) is 11.1 Å². The Kier molecular flexibility index (Phi) is 6.13. The second kappa shape index (κ2) is 9.31. The summed E-state index contributed by atoms with van der Waals surface area (Å²) >= 11 is 0. The highest BCUT2D eigenvalue weighted by Gasteiger charge is 2.44. The number of hydrogen-bond acceptors (Lipinski definition) is 3. The van der Waals surface area contributed by atoms with Crippen molar-refractivity contribution in [1.29, 1.82) is 0 Å². The van der Waals surface area contributed by atoms with Gasteiger partial charge in [-0.2, -0.15) is 0 Å². The average molecular weight is 421 g/mol. The summed E-state index contributed by atoms with van der Waals surface area (Å²) in [5, 5.41) is 13.1. The third-order valence-electron chi connectivity index (χ3n) is 5.66. The number of hydrogen-bond donors (Lipinski definition) is 2. The number of carbonyl (C=O) groups excluding carboxylic acids is 2. The summed E-state index contributed by atoms with van der Waals surface area (Å²) in [7, 11) is 0. The molecule has 32 heavy (non-hydrogen) atoms. The Morgan fingerprint density at radius 3 is 1.78 bits per heavy atom. The highest BCUT2D eigenvalue weighted by molar-refractivity contribution is 5.95. The maximum atomic E-state index is 13.4. The molecule has 2 atom stereocenters. The summed E-state index contributed by atoms with van der Waals surface area (Å²) in [4.78, 5) is 26.1. The van der Waals surface area contributed by atoms with Crippen molar-refractivity contribution < 1.29 is 14.7 Å². The van der Waals surface area contributed by atoms with Crippen molar-refractivity contribution in [2.75, 3.05) is 0 Å². The first kappa shape index (κ1) is 21.1. The van der Waals surface area contributed by atoms with E-state index in [2.05, 4.69) is 5.32 Å². The molecule has 0 fully saturated rings. The highest BCUT2D eigenvalue weighted by atomic mass is 16.3. The molecule has 0 aliphatic carbocycles. The fraction of sp³-hybridized carbons (Fsp3) is 0.0714. The van der Waals surface area contributed by atoms with E-state index in [4.69, 9.17) is 0 Å². The monoisotopic (exact) mass is 421 g/mol. The second-order valence-corrected chi connectivity index (χ2v) is 7.57. The number of aldehydes is 1. The van der Waals surface area contributed by atoms with Gasteiger partial charge in [0.2, 0.25) is 0 Å². The van der Waals surface area contributed by atoms with Gasteiger partial charge in [0.25, 0.3) is 5.91 Å². The lowest BCUT2D eigenvalue weighted by molar-refractivity contribution is -0.110. The van der Waals surface area contributed by atoms with Crippen molar-refractivity contribution in [3.8, 4) is 5.75 Å². The van der Waals surface area contributed by atoms with Gasteiger partial charge in [-0.25, -0.2) is 0 Å². The van der Waals surface area contributed by atoms with Crippen LogP contribution in [0.2, 0.25) is 0 Å². The first-order valence-corrected chi connectivity index (χ1v) is 10.4. The standard InChI is InChI=1S/C28H23NO3/c30-20-26(21-10-4-1-5-11-21)28(23-14-8-3-9-15-23,24-16-18-25(31)19-17-24)29-27(32)22-12-6-2-7-13-22/h1-20,26,31H,(H,29,32). The molecule has 0 aliphatic rings. The maximum absolute atomic E-state index is 13.4. The van der Waals surface area contributed by atoms with E-state index in [0.717, 1.165) is 17.4 Å². The number of carbonyl (C=O) groups is 2. The van der Waals surface area contributed by atoms with Gasteiger partial charge in [-0.15, -0.1) is 0 Å². The lowest BCUT2D eigenvalue weighted by atomic mass is 9.70. The number of phenolic OH excluding ortho intramolecular Hbond substituents is 1. The van der Waals surface area contributed by atoms with Crippen LogP contribution in [0.1, 0.15) is 33.0 Å². The lowest BCUT2D eigenvalue weighted by Crippen LogP contribution is -2.51. The van der Waals surface area contributed by atoms with E-state index < -0.39 is 11.5 Å². The van der Waals surface area contributed by atoms with Crippen molar-refractivity contribution >= 4 is 12.2 Å². The molecule has 0 spiro atoms. The second-order valence-electron chi connectivity index (χ2n) is 7.57. The average Bonchev–Trinajstić information content (AvgIpc) is 2.86. The normalized spacial score (nSPS) is 13.5. The van der Waals surface area contributed by atoms with Gasteiger partial charge in [0, 0.05) is 5.56 Å². The van der Waals surface area contributed by atoms with Gasteiger partial charge in [0.05, 0.1) is 5.92 Å². The molecule has 1 amide bonds. The largest absolute Gasteiger partial charge is 0.508 e. The summed E-state index contributed by atoms with van der Waals surface area (Å²) in [6, 6.07) is 34.4. The number of amides is 1. The number of rotatable bonds is 7. The molecule has 4 rings (SSSR count). The van der Waals surface area contributed by atoms with Gasteiger partial charge in [0.1, 0.15) is 17.6 Å². The third-order valence-corrected chi connectivity index (χ3v) is 5.66.